The minimum atomic E-state index is 0.0234. The van der Waals surface area contributed by atoms with Gasteiger partial charge in [-0.15, -0.1) is 0 Å². The minimum absolute atomic E-state index is 0.0234. The molecule has 0 fully saturated rings. The quantitative estimate of drug-likeness (QED) is 0.710. The maximum Gasteiger partial charge on any atom is 0.149 e. The first kappa shape index (κ1) is 10.6. The van der Waals surface area contributed by atoms with Crippen molar-refractivity contribution in [1.82, 2.24) is 4.98 Å². The Morgan fingerprint density at radius 3 is 2.21 bits per heavy atom. The van der Waals surface area contributed by atoms with Crippen LogP contribution in [-0.2, 0) is 0 Å². The molecule has 1 aromatic rings. The van der Waals surface area contributed by atoms with E-state index in [4.69, 9.17) is 11.5 Å². The summed E-state index contributed by atoms with van der Waals surface area (Å²) in [7, 11) is 1.98. The monoisotopic (exact) mass is 194 g/mol. The lowest BCUT2D eigenvalue weighted by atomic mass is 10.1. The smallest absolute Gasteiger partial charge is 0.149 e. The first-order valence-electron chi connectivity index (χ1n) is 4.58. The van der Waals surface area contributed by atoms with Gasteiger partial charge in [-0.2, -0.15) is 0 Å². The third kappa shape index (κ3) is 2.07. The molecule has 1 rings (SSSR count). The molecule has 78 valence electrons. The minimum Gasteiger partial charge on any atom is -0.396 e. The van der Waals surface area contributed by atoms with Gasteiger partial charge in [-0.05, 0) is 32.9 Å². The molecule has 0 saturated carbocycles. The molecule has 0 amide bonds. The van der Waals surface area contributed by atoms with Crippen LogP contribution in [0.15, 0.2) is 12.1 Å². The van der Waals surface area contributed by atoms with Crippen LogP contribution in [0.2, 0.25) is 0 Å². The van der Waals surface area contributed by atoms with E-state index in [0.29, 0.717) is 11.5 Å². The van der Waals surface area contributed by atoms with Gasteiger partial charge in [0, 0.05) is 12.6 Å². The van der Waals surface area contributed by atoms with E-state index in [1.807, 2.05) is 13.1 Å². The standard InChI is InChI=1S/C10H18N4/c1-10(2,3)14(4)8-6-5-7(11)9(12)13-8/h5-6H,11H2,1-4H3,(H2,12,13). The SMILES string of the molecule is CN(c1ccc(N)c(N)n1)C(C)(C)C. The number of nitrogens with two attached hydrogens (primary N) is 2. The summed E-state index contributed by atoms with van der Waals surface area (Å²) in [6, 6.07) is 3.65. The highest BCUT2D eigenvalue weighted by molar-refractivity contribution is 5.62. The molecule has 0 aliphatic carbocycles. The molecule has 0 atom stereocenters. The maximum atomic E-state index is 5.64. The number of hydrogen-bond donors (Lipinski definition) is 2. The topological polar surface area (TPSA) is 68.2 Å². The van der Waals surface area contributed by atoms with E-state index in [2.05, 4.69) is 30.7 Å². The van der Waals surface area contributed by atoms with Crippen molar-refractivity contribution in [3.8, 4) is 0 Å². The predicted molar refractivity (Wildman–Crippen MR) is 61.2 cm³/mol. The van der Waals surface area contributed by atoms with Crippen molar-refractivity contribution in [2.75, 3.05) is 23.4 Å². The highest BCUT2D eigenvalue weighted by Gasteiger charge is 2.18. The molecule has 0 aromatic carbocycles. The zero-order valence-electron chi connectivity index (χ0n) is 9.20. The van der Waals surface area contributed by atoms with Gasteiger partial charge in [0.2, 0.25) is 0 Å². The first-order chi connectivity index (χ1) is 6.32. The molecule has 0 saturated heterocycles. The Balaban J connectivity index is 3.03. The van der Waals surface area contributed by atoms with Crippen LogP contribution in [0.5, 0.6) is 0 Å². The van der Waals surface area contributed by atoms with E-state index in [1.165, 1.54) is 0 Å². The first-order valence-corrected chi connectivity index (χ1v) is 4.58. The van der Waals surface area contributed by atoms with E-state index < -0.39 is 0 Å². The van der Waals surface area contributed by atoms with Crippen LogP contribution in [0.4, 0.5) is 17.3 Å². The molecular weight excluding hydrogens is 176 g/mol. The Bertz CT molecular complexity index is 327. The van der Waals surface area contributed by atoms with E-state index >= 15 is 0 Å². The van der Waals surface area contributed by atoms with Crippen LogP contribution < -0.4 is 16.4 Å². The van der Waals surface area contributed by atoms with Gasteiger partial charge in [-0.3, -0.25) is 0 Å². The summed E-state index contributed by atoms with van der Waals surface area (Å²) in [5.74, 6) is 1.22. The molecule has 0 spiro atoms. The van der Waals surface area contributed by atoms with Crippen LogP contribution >= 0.6 is 0 Å². The summed E-state index contributed by atoms with van der Waals surface area (Å²) in [6.45, 7) is 6.34. The van der Waals surface area contributed by atoms with Gasteiger partial charge in [-0.25, -0.2) is 4.98 Å². The third-order valence-corrected chi connectivity index (χ3v) is 2.29. The fraction of sp³-hybridized carbons (Fsp3) is 0.500. The number of pyridine rings is 1. The molecule has 1 aromatic heterocycles. The van der Waals surface area contributed by atoms with Crippen molar-refractivity contribution in [2.45, 2.75) is 26.3 Å². The molecule has 0 bridgehead atoms. The Morgan fingerprint density at radius 2 is 1.79 bits per heavy atom. The average molecular weight is 194 g/mol. The van der Waals surface area contributed by atoms with Gasteiger partial charge in [0.25, 0.3) is 0 Å². The van der Waals surface area contributed by atoms with Crippen LogP contribution in [0.25, 0.3) is 0 Å². The molecule has 0 unspecified atom stereocenters. The second kappa shape index (κ2) is 3.36. The molecular formula is C10H18N4. The van der Waals surface area contributed by atoms with E-state index in [-0.39, 0.29) is 5.54 Å². The van der Waals surface area contributed by atoms with Crippen LogP contribution in [-0.4, -0.2) is 17.6 Å². The summed E-state index contributed by atoms with van der Waals surface area (Å²) < 4.78 is 0. The molecule has 14 heavy (non-hydrogen) atoms. The van der Waals surface area contributed by atoms with Gasteiger partial charge in [-0.1, -0.05) is 0 Å². The Labute approximate surface area is 84.9 Å². The molecule has 4 N–H and O–H groups in total. The second-order valence-corrected chi connectivity index (χ2v) is 4.37. The lowest BCUT2D eigenvalue weighted by Crippen LogP contribution is -2.38. The molecule has 4 heteroatoms. The zero-order chi connectivity index (χ0) is 10.9. The normalized spacial score (nSPS) is 11.4. The van der Waals surface area contributed by atoms with Gasteiger partial charge in [0.1, 0.15) is 11.6 Å². The van der Waals surface area contributed by atoms with E-state index in [1.54, 1.807) is 6.07 Å². The highest BCUT2D eigenvalue weighted by atomic mass is 15.2. The lowest BCUT2D eigenvalue weighted by molar-refractivity contribution is 0.534. The second-order valence-electron chi connectivity index (χ2n) is 4.37. The summed E-state index contributed by atoms with van der Waals surface area (Å²) >= 11 is 0. The molecule has 0 aliphatic heterocycles. The van der Waals surface area contributed by atoms with Crippen LogP contribution in [0.3, 0.4) is 0 Å². The largest absolute Gasteiger partial charge is 0.396 e. The molecule has 1 heterocycles. The number of hydrogen-bond acceptors (Lipinski definition) is 4. The maximum absolute atomic E-state index is 5.64. The Hall–Kier alpha value is -1.45. The fourth-order valence-electron chi connectivity index (χ4n) is 1.01. The number of aromatic nitrogens is 1. The van der Waals surface area contributed by atoms with Crippen molar-refractivity contribution < 1.29 is 0 Å². The lowest BCUT2D eigenvalue weighted by Gasteiger charge is -2.33. The van der Waals surface area contributed by atoms with E-state index in [0.717, 1.165) is 5.82 Å². The number of nitrogen functional groups attached to an aromatic ring is 2. The summed E-state index contributed by atoms with van der Waals surface area (Å²) in [4.78, 5) is 6.28. The zero-order valence-corrected chi connectivity index (χ0v) is 9.20. The predicted octanol–water partition coefficient (Wildman–Crippen LogP) is 1.48. The third-order valence-electron chi connectivity index (χ3n) is 2.29. The van der Waals surface area contributed by atoms with Crippen molar-refractivity contribution in [3.05, 3.63) is 12.1 Å². The van der Waals surface area contributed by atoms with Crippen molar-refractivity contribution in [1.29, 1.82) is 0 Å². The summed E-state index contributed by atoms with van der Waals surface area (Å²) in [6.07, 6.45) is 0. The summed E-state index contributed by atoms with van der Waals surface area (Å²) in [5.41, 5.74) is 11.8. The number of anilines is 3. The summed E-state index contributed by atoms with van der Waals surface area (Å²) in [5, 5.41) is 0. The van der Waals surface area contributed by atoms with Crippen molar-refractivity contribution in [2.24, 2.45) is 0 Å². The fourth-order valence-corrected chi connectivity index (χ4v) is 1.01. The highest BCUT2D eigenvalue weighted by Crippen LogP contribution is 2.22. The van der Waals surface area contributed by atoms with Gasteiger partial charge in [0.15, 0.2) is 0 Å². The number of rotatable bonds is 1. The van der Waals surface area contributed by atoms with Crippen molar-refractivity contribution >= 4 is 17.3 Å². The van der Waals surface area contributed by atoms with Gasteiger partial charge >= 0.3 is 0 Å². The van der Waals surface area contributed by atoms with E-state index in [9.17, 15) is 0 Å². The molecule has 0 radical (unpaired) electrons. The Morgan fingerprint density at radius 1 is 1.21 bits per heavy atom. The molecule has 4 nitrogen and oxygen atoms in total. The van der Waals surface area contributed by atoms with Crippen LogP contribution in [0, 0.1) is 0 Å². The van der Waals surface area contributed by atoms with Crippen LogP contribution in [0.1, 0.15) is 20.8 Å². The van der Waals surface area contributed by atoms with Gasteiger partial charge in [0.05, 0.1) is 5.69 Å². The van der Waals surface area contributed by atoms with Crippen molar-refractivity contribution in [3.63, 3.8) is 0 Å². The van der Waals surface area contributed by atoms with Gasteiger partial charge < -0.3 is 16.4 Å². The number of nitrogens with zero attached hydrogens (tertiary/aromatic N) is 2. The average Bonchev–Trinajstić information content (AvgIpc) is 2.07. The molecule has 0 aliphatic rings. The Kier molecular flexibility index (Phi) is 2.55.